The third-order valence-electron chi connectivity index (χ3n) is 4.22. The van der Waals surface area contributed by atoms with Crippen molar-refractivity contribution in [1.82, 2.24) is 9.88 Å². The predicted molar refractivity (Wildman–Crippen MR) is 104 cm³/mol. The van der Waals surface area contributed by atoms with Gasteiger partial charge in [0.05, 0.1) is 11.8 Å². The Morgan fingerprint density at radius 1 is 1.12 bits per heavy atom. The summed E-state index contributed by atoms with van der Waals surface area (Å²) in [7, 11) is 1.83. The number of rotatable bonds is 5. The van der Waals surface area contributed by atoms with Crippen LogP contribution in [-0.2, 0) is 0 Å². The molecule has 134 valence electrons. The zero-order valence-electron chi connectivity index (χ0n) is 15.7. The van der Waals surface area contributed by atoms with Crippen molar-refractivity contribution >= 4 is 5.91 Å². The van der Waals surface area contributed by atoms with Crippen LogP contribution in [0.2, 0.25) is 0 Å². The van der Waals surface area contributed by atoms with Gasteiger partial charge in [-0.05, 0) is 25.0 Å². The number of carbonyl (C=O) groups is 1. The monoisotopic (exact) mass is 348 g/mol. The van der Waals surface area contributed by atoms with Crippen LogP contribution < -0.4 is 0 Å². The van der Waals surface area contributed by atoms with Crippen LogP contribution in [0.3, 0.4) is 0 Å². The van der Waals surface area contributed by atoms with Gasteiger partial charge in [0, 0.05) is 24.7 Å². The van der Waals surface area contributed by atoms with Crippen molar-refractivity contribution in [2.45, 2.75) is 20.8 Å². The van der Waals surface area contributed by atoms with Crippen molar-refractivity contribution in [2.75, 3.05) is 13.6 Å². The molecule has 0 radical (unpaired) electrons. The van der Waals surface area contributed by atoms with Crippen molar-refractivity contribution in [1.29, 1.82) is 0 Å². The highest BCUT2D eigenvalue weighted by Crippen LogP contribution is 2.29. The van der Waals surface area contributed by atoms with E-state index in [-0.39, 0.29) is 5.91 Å². The molecule has 3 aromatic rings. The summed E-state index contributed by atoms with van der Waals surface area (Å²) in [6.45, 7) is 6.94. The summed E-state index contributed by atoms with van der Waals surface area (Å²) < 4.78 is 5.97. The number of benzene rings is 2. The number of hydrogen-bond donors (Lipinski definition) is 0. The van der Waals surface area contributed by atoms with E-state index in [1.165, 1.54) is 5.56 Å². The number of nitrogens with zero attached hydrogens (tertiary/aromatic N) is 2. The Morgan fingerprint density at radius 3 is 2.50 bits per heavy atom. The molecular weight excluding hydrogens is 324 g/mol. The molecular formula is C22H24N2O2. The van der Waals surface area contributed by atoms with Crippen molar-refractivity contribution in [2.24, 2.45) is 5.92 Å². The Hall–Kier alpha value is -2.88. The van der Waals surface area contributed by atoms with E-state index in [2.05, 4.69) is 18.8 Å². The average molecular weight is 348 g/mol. The Bertz CT molecular complexity index is 895. The summed E-state index contributed by atoms with van der Waals surface area (Å²) in [5.41, 5.74) is 3.48. The quantitative estimate of drug-likeness (QED) is 0.648. The number of amides is 1. The molecule has 3 rings (SSSR count). The molecule has 0 atom stereocenters. The van der Waals surface area contributed by atoms with E-state index in [4.69, 9.17) is 4.42 Å². The lowest BCUT2D eigenvalue weighted by Gasteiger charge is -2.20. The van der Waals surface area contributed by atoms with Crippen LogP contribution in [0.1, 0.15) is 29.8 Å². The number of carbonyl (C=O) groups excluding carboxylic acids is 1. The summed E-state index contributed by atoms with van der Waals surface area (Å²) in [5.74, 6) is 1.54. The van der Waals surface area contributed by atoms with Gasteiger partial charge in [0.25, 0.3) is 5.91 Å². The second-order valence-electron chi connectivity index (χ2n) is 7.02. The first-order valence-electron chi connectivity index (χ1n) is 8.83. The first kappa shape index (κ1) is 17.9. The lowest BCUT2D eigenvalue weighted by atomic mass is 10.1. The standard InChI is InChI=1S/C22H24N2O2/c1-15(2)14-24(4)22(25)19-8-6-5-7-18(19)21-23-13-20(26-21)17-11-9-16(3)10-12-17/h5-13,15H,14H2,1-4H3. The molecule has 1 aromatic heterocycles. The fourth-order valence-corrected chi connectivity index (χ4v) is 2.94. The van der Waals surface area contributed by atoms with Gasteiger partial charge in [-0.2, -0.15) is 0 Å². The Balaban J connectivity index is 1.93. The summed E-state index contributed by atoms with van der Waals surface area (Å²) in [4.78, 5) is 19.0. The number of aromatic nitrogens is 1. The highest BCUT2D eigenvalue weighted by Gasteiger charge is 2.20. The van der Waals surface area contributed by atoms with E-state index >= 15 is 0 Å². The van der Waals surface area contributed by atoms with Crippen LogP contribution in [-0.4, -0.2) is 29.4 Å². The molecule has 4 nitrogen and oxygen atoms in total. The van der Waals surface area contributed by atoms with Gasteiger partial charge in [-0.25, -0.2) is 4.98 Å². The summed E-state index contributed by atoms with van der Waals surface area (Å²) in [6, 6.07) is 15.5. The number of oxazole rings is 1. The van der Waals surface area contributed by atoms with E-state index in [0.717, 1.165) is 5.56 Å². The highest BCUT2D eigenvalue weighted by atomic mass is 16.4. The molecule has 0 saturated heterocycles. The molecule has 4 heteroatoms. The first-order chi connectivity index (χ1) is 12.5. The van der Waals surface area contributed by atoms with Gasteiger partial charge in [0.1, 0.15) is 0 Å². The highest BCUT2D eigenvalue weighted by molar-refractivity contribution is 5.99. The van der Waals surface area contributed by atoms with Gasteiger partial charge in [-0.15, -0.1) is 0 Å². The Morgan fingerprint density at radius 2 is 1.81 bits per heavy atom. The van der Waals surface area contributed by atoms with Crippen molar-refractivity contribution < 1.29 is 9.21 Å². The van der Waals surface area contributed by atoms with Gasteiger partial charge in [-0.3, -0.25) is 4.79 Å². The number of aryl methyl sites for hydroxylation is 1. The molecule has 2 aromatic carbocycles. The van der Waals surface area contributed by atoms with Gasteiger partial charge < -0.3 is 9.32 Å². The van der Waals surface area contributed by atoms with Crippen molar-refractivity contribution in [3.05, 3.63) is 65.9 Å². The minimum atomic E-state index is -0.0237. The topological polar surface area (TPSA) is 46.3 Å². The molecule has 0 saturated carbocycles. The van der Waals surface area contributed by atoms with E-state index in [1.807, 2.05) is 62.5 Å². The fraction of sp³-hybridized carbons (Fsp3) is 0.273. The lowest BCUT2D eigenvalue weighted by Crippen LogP contribution is -2.30. The van der Waals surface area contributed by atoms with Gasteiger partial charge >= 0.3 is 0 Å². The molecule has 0 bridgehead atoms. The maximum atomic E-state index is 12.8. The van der Waals surface area contributed by atoms with Gasteiger partial charge in [-0.1, -0.05) is 55.8 Å². The van der Waals surface area contributed by atoms with Crippen LogP contribution in [0.25, 0.3) is 22.8 Å². The van der Waals surface area contributed by atoms with E-state index in [0.29, 0.717) is 35.2 Å². The maximum Gasteiger partial charge on any atom is 0.254 e. The molecule has 0 aliphatic carbocycles. The van der Waals surface area contributed by atoms with E-state index in [9.17, 15) is 4.79 Å². The van der Waals surface area contributed by atoms with Crippen LogP contribution in [0.15, 0.2) is 59.1 Å². The second kappa shape index (κ2) is 7.56. The van der Waals surface area contributed by atoms with Gasteiger partial charge in [0.2, 0.25) is 5.89 Å². The number of hydrogen-bond acceptors (Lipinski definition) is 3. The normalized spacial score (nSPS) is 11.0. The van der Waals surface area contributed by atoms with E-state index in [1.54, 1.807) is 11.1 Å². The molecule has 0 aliphatic heterocycles. The Labute approximate surface area is 154 Å². The molecule has 1 heterocycles. The molecule has 0 N–H and O–H groups in total. The van der Waals surface area contributed by atoms with Crippen molar-refractivity contribution in [3.63, 3.8) is 0 Å². The zero-order chi connectivity index (χ0) is 18.7. The second-order valence-corrected chi connectivity index (χ2v) is 7.02. The SMILES string of the molecule is Cc1ccc(-c2cnc(-c3ccccc3C(=O)N(C)CC(C)C)o2)cc1. The third kappa shape index (κ3) is 3.85. The van der Waals surface area contributed by atoms with E-state index < -0.39 is 0 Å². The minimum absolute atomic E-state index is 0.0237. The molecule has 0 unspecified atom stereocenters. The van der Waals surface area contributed by atoms with Crippen LogP contribution >= 0.6 is 0 Å². The maximum absolute atomic E-state index is 12.8. The fourth-order valence-electron chi connectivity index (χ4n) is 2.94. The third-order valence-corrected chi connectivity index (χ3v) is 4.22. The lowest BCUT2D eigenvalue weighted by molar-refractivity contribution is 0.0779. The smallest absolute Gasteiger partial charge is 0.254 e. The van der Waals surface area contributed by atoms with Crippen LogP contribution in [0.4, 0.5) is 0 Å². The average Bonchev–Trinajstić information content (AvgIpc) is 3.11. The summed E-state index contributed by atoms with van der Waals surface area (Å²) in [6.07, 6.45) is 1.71. The predicted octanol–water partition coefficient (Wildman–Crippen LogP) is 5.05. The molecule has 0 spiro atoms. The Kier molecular flexibility index (Phi) is 5.21. The molecule has 1 amide bonds. The largest absolute Gasteiger partial charge is 0.436 e. The first-order valence-corrected chi connectivity index (χ1v) is 8.83. The summed E-state index contributed by atoms with van der Waals surface area (Å²) in [5, 5.41) is 0. The van der Waals surface area contributed by atoms with Gasteiger partial charge in [0.15, 0.2) is 5.76 Å². The summed E-state index contributed by atoms with van der Waals surface area (Å²) >= 11 is 0. The van der Waals surface area contributed by atoms with Crippen LogP contribution in [0.5, 0.6) is 0 Å². The molecule has 26 heavy (non-hydrogen) atoms. The van der Waals surface area contributed by atoms with Crippen LogP contribution in [0, 0.1) is 12.8 Å². The van der Waals surface area contributed by atoms with Crippen molar-refractivity contribution in [3.8, 4) is 22.8 Å². The molecule has 0 fully saturated rings. The zero-order valence-corrected chi connectivity index (χ0v) is 15.7. The molecule has 0 aliphatic rings. The minimum Gasteiger partial charge on any atom is -0.436 e.